The van der Waals surface area contributed by atoms with Crippen molar-refractivity contribution in [3.05, 3.63) is 0 Å². The number of nitrogens with two attached hydrogens (primary N) is 1. The lowest BCUT2D eigenvalue weighted by molar-refractivity contribution is -0.514. The van der Waals surface area contributed by atoms with Crippen LogP contribution in [0, 0.1) is 0 Å². The van der Waals surface area contributed by atoms with Gasteiger partial charge >= 0.3 is 0 Å². The van der Waals surface area contributed by atoms with E-state index in [1.807, 2.05) is 0 Å². The molecule has 41 valence electrons. The largest absolute Gasteiger partial charge is 0.205 e. The van der Waals surface area contributed by atoms with Crippen LogP contribution in [0.1, 0.15) is 0 Å². The van der Waals surface area contributed by atoms with Crippen molar-refractivity contribution in [2.24, 2.45) is 5.90 Å². The Morgan fingerprint density at radius 2 is 2.29 bits per heavy atom. The van der Waals surface area contributed by atoms with Gasteiger partial charge in [-0.1, -0.05) is 0 Å². The topological polar surface area (TPSA) is 53.7 Å². The van der Waals surface area contributed by atoms with E-state index in [4.69, 9.17) is 0 Å². The zero-order valence-electron chi connectivity index (χ0n) is 3.72. The Labute approximate surface area is 44.8 Å². The van der Waals surface area contributed by atoms with Gasteiger partial charge in [-0.25, -0.2) is 4.89 Å². The van der Waals surface area contributed by atoms with Crippen LogP contribution < -0.4 is 5.90 Å². The Kier molecular flexibility index (Phi) is 6.11. The Balaban J connectivity index is 2.45. The van der Waals surface area contributed by atoms with Crippen molar-refractivity contribution in [2.75, 3.05) is 6.61 Å². The summed E-state index contributed by atoms with van der Waals surface area (Å²) in [4.78, 5) is 7.84. The summed E-state index contributed by atoms with van der Waals surface area (Å²) in [6.45, 7) is 0.411. The highest BCUT2D eigenvalue weighted by Gasteiger charge is 1.79. The highest BCUT2D eigenvalue weighted by molar-refractivity contribution is 6.08. The molecule has 0 heterocycles. The molecule has 3 radical (unpaired) electrons. The molecule has 2 N–H and O–H groups in total. The van der Waals surface area contributed by atoms with E-state index in [1.54, 1.807) is 0 Å². The second-order valence-corrected chi connectivity index (χ2v) is 1.24. The molecule has 0 aromatic heterocycles. The van der Waals surface area contributed by atoms with Crippen LogP contribution in [-0.4, -0.2) is 16.8 Å². The molecule has 0 aliphatic carbocycles. The van der Waals surface area contributed by atoms with Crippen molar-refractivity contribution in [1.29, 1.82) is 0 Å². The highest BCUT2D eigenvalue weighted by Crippen LogP contribution is 1.77. The number of hydrogen-bond acceptors (Lipinski definition) is 4. The molecule has 0 unspecified atom stereocenters. The molecular formula is C2H6NO3Si. The summed E-state index contributed by atoms with van der Waals surface area (Å²) in [7, 11) is 3.12. The summed E-state index contributed by atoms with van der Waals surface area (Å²) in [5, 5.41) is 3.82. The molecule has 0 bridgehead atoms. The van der Waals surface area contributed by atoms with Gasteiger partial charge in [0.2, 0.25) is 0 Å². The van der Waals surface area contributed by atoms with Crippen LogP contribution in [-0.2, 0) is 14.9 Å². The van der Waals surface area contributed by atoms with Crippen LogP contribution in [0.15, 0.2) is 0 Å². The summed E-state index contributed by atoms with van der Waals surface area (Å²) in [5.41, 5.74) is 0. The van der Waals surface area contributed by atoms with Gasteiger partial charge in [-0.2, -0.15) is 5.90 Å². The first kappa shape index (κ1) is 7.06. The first-order valence-corrected chi connectivity index (χ1v) is 2.42. The van der Waals surface area contributed by atoms with Crippen LogP contribution >= 0.6 is 0 Å². The summed E-state index contributed by atoms with van der Waals surface area (Å²) < 4.78 is 0. The molecule has 7 heavy (non-hydrogen) atoms. The van der Waals surface area contributed by atoms with Crippen molar-refractivity contribution < 1.29 is 14.9 Å². The highest BCUT2D eigenvalue weighted by atomic mass is 28.1. The van der Waals surface area contributed by atoms with E-state index in [1.165, 1.54) is 0 Å². The Bertz CT molecular complexity index is 32.1. The van der Waals surface area contributed by atoms with Gasteiger partial charge in [0, 0.05) is 10.2 Å². The van der Waals surface area contributed by atoms with Gasteiger partial charge in [0.15, 0.2) is 0 Å². The fraction of sp³-hybridized carbons (Fsp3) is 1.00. The summed E-state index contributed by atoms with van der Waals surface area (Å²) >= 11 is 0. The first-order chi connectivity index (χ1) is 3.41. The van der Waals surface area contributed by atoms with Crippen molar-refractivity contribution in [1.82, 2.24) is 0 Å². The molecule has 0 aromatic carbocycles. The van der Waals surface area contributed by atoms with Crippen LogP contribution in [0.5, 0.6) is 0 Å². The molecule has 0 aliphatic rings. The van der Waals surface area contributed by atoms with Crippen molar-refractivity contribution >= 4 is 10.2 Å². The molecule has 0 aromatic rings. The van der Waals surface area contributed by atoms with E-state index in [0.29, 0.717) is 12.7 Å². The molecule has 0 spiro atoms. The number of hydrogen-bond donors (Lipinski definition) is 1. The molecule has 0 atom stereocenters. The second-order valence-electron chi connectivity index (χ2n) is 0.736. The van der Waals surface area contributed by atoms with E-state index < -0.39 is 0 Å². The van der Waals surface area contributed by atoms with E-state index in [0.717, 1.165) is 0 Å². The molecule has 0 rings (SSSR count). The summed E-state index contributed by atoms with van der Waals surface area (Å²) in [6.07, 6.45) is 0. The average Bonchev–Trinajstić information content (AvgIpc) is 1.69. The summed E-state index contributed by atoms with van der Waals surface area (Å²) in [5.74, 6) is 4.41. The van der Waals surface area contributed by atoms with E-state index in [-0.39, 0.29) is 0 Å². The molecular weight excluding hydrogens is 114 g/mol. The van der Waals surface area contributed by atoms with Gasteiger partial charge < -0.3 is 0 Å². The minimum absolute atomic E-state index is 0.411. The molecule has 0 aliphatic heterocycles. The van der Waals surface area contributed by atoms with E-state index >= 15 is 0 Å². The molecule has 4 nitrogen and oxygen atoms in total. The monoisotopic (exact) mass is 120 g/mol. The number of rotatable bonds is 4. The lowest BCUT2D eigenvalue weighted by atomic mass is 10.9. The van der Waals surface area contributed by atoms with Crippen LogP contribution in [0.3, 0.4) is 0 Å². The van der Waals surface area contributed by atoms with Gasteiger partial charge in [0.25, 0.3) is 0 Å². The fourth-order valence-corrected chi connectivity index (χ4v) is 0.187. The lowest BCUT2D eigenvalue weighted by Gasteiger charge is -1.92. The minimum atomic E-state index is 0.411. The van der Waals surface area contributed by atoms with Crippen molar-refractivity contribution in [2.45, 2.75) is 6.04 Å². The van der Waals surface area contributed by atoms with Crippen molar-refractivity contribution in [3.8, 4) is 0 Å². The SMILES string of the molecule is NOOOCC[Si]. The molecule has 0 fully saturated rings. The van der Waals surface area contributed by atoms with Gasteiger partial charge in [-0.15, -0.1) is 4.99 Å². The molecule has 5 heteroatoms. The first-order valence-electron chi connectivity index (χ1n) is 1.71. The predicted molar refractivity (Wildman–Crippen MR) is 22.9 cm³/mol. The van der Waals surface area contributed by atoms with Gasteiger partial charge in [0.05, 0.1) is 6.61 Å². The van der Waals surface area contributed by atoms with Crippen LogP contribution in [0.4, 0.5) is 0 Å². The lowest BCUT2D eigenvalue weighted by Crippen LogP contribution is -2.02. The minimum Gasteiger partial charge on any atom is -0.205 e. The van der Waals surface area contributed by atoms with Crippen molar-refractivity contribution in [3.63, 3.8) is 0 Å². The maximum atomic E-state index is 4.41. The third-order valence-electron chi connectivity index (χ3n) is 0.273. The van der Waals surface area contributed by atoms with Gasteiger partial charge in [-0.3, -0.25) is 0 Å². The zero-order chi connectivity index (χ0) is 5.54. The van der Waals surface area contributed by atoms with E-state index in [9.17, 15) is 0 Å². The predicted octanol–water partition coefficient (Wildman–Crippen LogP) is -0.673. The molecule has 0 amide bonds. The standard InChI is InChI=1S/C2H6NO3Si/c3-5-6-4-1-2-7/h1-3H2. The quantitative estimate of drug-likeness (QED) is 0.231. The Hall–Kier alpha value is 0.0569. The second kappa shape index (κ2) is 6.06. The van der Waals surface area contributed by atoms with Crippen LogP contribution in [0.2, 0.25) is 6.04 Å². The Morgan fingerprint density at radius 1 is 1.57 bits per heavy atom. The average molecular weight is 120 g/mol. The summed E-state index contributed by atoms with van der Waals surface area (Å²) in [6, 6.07) is 0.684. The fourth-order valence-electron chi connectivity index (χ4n) is 0.103. The smallest absolute Gasteiger partial charge is 0.0824 e. The molecule has 0 saturated heterocycles. The molecule has 0 saturated carbocycles. The maximum Gasteiger partial charge on any atom is 0.0824 e. The third kappa shape index (κ3) is 6.06. The van der Waals surface area contributed by atoms with Crippen LogP contribution in [0.25, 0.3) is 0 Å². The Morgan fingerprint density at radius 3 is 2.71 bits per heavy atom. The zero-order valence-corrected chi connectivity index (χ0v) is 4.72. The normalized spacial score (nSPS) is 9.43. The van der Waals surface area contributed by atoms with Gasteiger partial charge in [-0.05, 0) is 11.1 Å². The van der Waals surface area contributed by atoms with Gasteiger partial charge in [0.1, 0.15) is 0 Å². The maximum absolute atomic E-state index is 4.41. The third-order valence-corrected chi connectivity index (χ3v) is 0.477. The van der Waals surface area contributed by atoms with E-state index in [2.05, 4.69) is 31.1 Å².